The Balaban J connectivity index is 0.000000528. The minimum absolute atomic E-state index is 0.0138. The zero-order chi connectivity index (χ0) is 76.5. The number of esters is 8. The van der Waals surface area contributed by atoms with Gasteiger partial charge in [0, 0.05) is 31.1 Å². The van der Waals surface area contributed by atoms with Crippen LogP contribution in [0.15, 0.2) is 243 Å². The van der Waals surface area contributed by atoms with Crippen molar-refractivity contribution in [2.45, 2.75) is 76.5 Å². The Morgan fingerprint density at radius 2 is 0.655 bits per heavy atom. The molecule has 16 rings (SSSR count). The Labute approximate surface area is 644 Å². The van der Waals surface area contributed by atoms with Gasteiger partial charge in [-0.3, -0.25) is 38.4 Å². The summed E-state index contributed by atoms with van der Waals surface area (Å²) in [5.41, 5.74) is 0. The number of carbonyl (C=O) groups is 8. The molecule has 8 fully saturated rings. The summed E-state index contributed by atoms with van der Waals surface area (Å²) < 4.78 is 116. The van der Waals surface area contributed by atoms with E-state index in [1.165, 1.54) is 0 Å². The average molecular weight is 1660 g/mol. The summed E-state index contributed by atoms with van der Waals surface area (Å²) in [6.07, 6.45) is 0.846. The first-order chi connectivity index (χ1) is 53.0. The predicted octanol–water partition coefficient (Wildman–Crippen LogP) is 2.84. The average Bonchev–Trinajstić information content (AvgIpc) is 0.950. The Bertz CT molecular complexity index is 4520. The van der Waals surface area contributed by atoms with Crippen LogP contribution in [-0.2, 0) is 107 Å². The van der Waals surface area contributed by atoms with Crippen LogP contribution in [0, 0.1) is 35.5 Å². The van der Waals surface area contributed by atoms with Crippen LogP contribution in [0.3, 0.4) is 0 Å². The highest BCUT2D eigenvalue weighted by atomic mass is 28.6. The molecule has 568 valence electrons. The Morgan fingerprint density at radius 3 is 1.03 bits per heavy atom. The minimum Gasteiger partial charge on any atom is -0.413 e. The second kappa shape index (κ2) is 31.8. The highest BCUT2D eigenvalue weighted by Crippen LogP contribution is 2.50. The van der Waals surface area contributed by atoms with Crippen LogP contribution in [0.4, 0.5) is 0 Å². The summed E-state index contributed by atoms with van der Waals surface area (Å²) in [7, 11) is -48.4. The molecule has 1 saturated carbocycles. The van der Waals surface area contributed by atoms with Crippen LogP contribution >= 0.6 is 0 Å². The van der Waals surface area contributed by atoms with Gasteiger partial charge in [0.1, 0.15) is 0 Å². The molecule has 14 unspecified atom stereocenters. The van der Waals surface area contributed by atoms with Crippen molar-refractivity contribution in [3.8, 4) is 0 Å². The van der Waals surface area contributed by atoms with Crippen LogP contribution in [-0.4, -0.2) is 146 Å². The first-order valence-electron chi connectivity index (χ1n) is 36.2. The highest BCUT2D eigenvalue weighted by molar-refractivity contribution is 7.07. The molecule has 8 aliphatic rings. The van der Waals surface area contributed by atoms with Crippen molar-refractivity contribution in [1.82, 2.24) is 0 Å². The van der Waals surface area contributed by atoms with E-state index in [1.54, 1.807) is 116 Å². The van der Waals surface area contributed by atoms with Crippen molar-refractivity contribution in [2.24, 2.45) is 35.5 Å². The molecule has 8 aromatic carbocycles. The molecular formula is C74H76O26Si10. The maximum Gasteiger partial charge on any atom is 0.518 e. The summed E-state index contributed by atoms with van der Waals surface area (Å²) in [5, 5.41) is 3.00. The summed E-state index contributed by atoms with van der Waals surface area (Å²) in [4.78, 5) is 127. The van der Waals surface area contributed by atoms with Crippen molar-refractivity contribution in [3.05, 3.63) is 243 Å². The topological polar surface area (TPSA) is 325 Å². The van der Waals surface area contributed by atoms with Crippen LogP contribution in [0.25, 0.3) is 0 Å². The van der Waals surface area contributed by atoms with Gasteiger partial charge in [-0.15, -0.1) is 0 Å². The Hall–Kier alpha value is -8.07. The molecule has 26 nitrogen and oxygen atoms in total. The number of hydrogen-bond acceptors (Lipinski definition) is 26. The number of benzene rings is 8. The molecule has 1 aliphatic carbocycles. The molecule has 0 aromatic heterocycles. The lowest BCUT2D eigenvalue weighted by Gasteiger charge is -2.54. The van der Waals surface area contributed by atoms with Crippen LogP contribution in [0.5, 0.6) is 0 Å². The lowest BCUT2D eigenvalue weighted by atomic mass is 9.83. The molecule has 14 atom stereocenters. The van der Waals surface area contributed by atoms with E-state index in [-0.39, 0.29) is 77.8 Å². The van der Waals surface area contributed by atoms with Gasteiger partial charge in [0.25, 0.3) is 0 Å². The molecule has 8 aromatic rings. The summed E-state index contributed by atoms with van der Waals surface area (Å²) >= 11 is 0. The standard InChI is InChI=1S/C64H68O20Si10.C10H8O6/c1-87(47-27-29-51-49-61(65)71-63(51)67)76-89(69,55-35-15-5-16-36-55)80-93(59-43-23-9-24-44-59)82-91(57-39-19-7-20-40-57)74-85(53-31-11-3-12-32-53)73-86(54-33-13-4-14-34-54)75-92(58-41-21-8-22-42-58,79-88(2,78-91)48-28-30-52-50-62(66)72-64(52)68)83-94(84-93,60-45-25-10-26-46-60)81-90(70,77-87)56-37-17-6-18-38-56;11-6-2-3-4-1-5(7(3)10(14)15-6)9(13)16-8(4)12/h3-26,31-46,51-52,69-70,85-86H,27-30,47-50H2,1-2H3;3-5,7H,1-2H2. The third kappa shape index (κ3) is 16.2. The highest BCUT2D eigenvalue weighted by Gasteiger charge is 2.75. The van der Waals surface area contributed by atoms with Crippen LogP contribution < -0.4 is 41.5 Å². The molecule has 0 spiro atoms. The van der Waals surface area contributed by atoms with Crippen LogP contribution in [0.1, 0.15) is 51.4 Å². The second-order valence-corrected chi connectivity index (χ2v) is 56.9. The molecule has 36 heteroatoms. The van der Waals surface area contributed by atoms with Crippen molar-refractivity contribution in [1.29, 1.82) is 0 Å². The summed E-state index contributed by atoms with van der Waals surface area (Å²) in [6.45, 7) is 3.58. The van der Waals surface area contributed by atoms with Gasteiger partial charge in [0.2, 0.25) is 0 Å². The summed E-state index contributed by atoms with van der Waals surface area (Å²) in [5.74, 6) is -8.89. The van der Waals surface area contributed by atoms with E-state index in [1.807, 2.05) is 140 Å². The SMILES string of the molecule is C[Si]1(CCCC2CC(=O)OC2=O)O[Si](O)(c2ccccc2)O[Si]2(c3ccccc3)O[Si]3(c4ccccc4)O[SiH](c4ccccc4)O[SiH](c4ccccc4)O[Si](c4ccccc4)(O[Si](C)(CCCC4CC(=O)OC4=O)O3)O[Si](c3ccccc3)(O[Si](O)(c3ccccc3)O1)O2.O=C1CC2C3CC(C(=O)OC3=O)C2C(=O)O1. The van der Waals surface area contributed by atoms with E-state index in [0.717, 1.165) is 0 Å². The molecule has 7 heterocycles. The molecule has 7 saturated heterocycles. The van der Waals surface area contributed by atoms with Gasteiger partial charge in [-0.2, -0.15) is 0 Å². The normalized spacial score (nSPS) is 33.6. The number of fused-ring (bicyclic) bond motifs is 11. The molecule has 0 radical (unpaired) electrons. The third-order valence-electron chi connectivity index (χ3n) is 20.4. The Kier molecular flexibility index (Phi) is 22.4. The number of carbonyl (C=O) groups excluding carboxylic acids is 8. The first kappa shape index (κ1) is 77.3. The van der Waals surface area contributed by atoms with Crippen molar-refractivity contribution >= 4 is 178 Å². The van der Waals surface area contributed by atoms with E-state index in [0.29, 0.717) is 27.2 Å². The number of rotatable bonds is 16. The lowest BCUT2D eigenvalue weighted by Crippen LogP contribution is -2.86. The van der Waals surface area contributed by atoms with E-state index >= 15 is 0 Å². The van der Waals surface area contributed by atoms with Gasteiger partial charge in [0.15, 0.2) is 0 Å². The summed E-state index contributed by atoms with van der Waals surface area (Å²) in [6, 6.07) is 72.5. The fraction of sp³-hybridized carbons (Fsp3) is 0.243. The third-order valence-corrected chi connectivity index (χ3v) is 59.3. The molecule has 2 N–H and O–H groups in total. The Morgan fingerprint density at radius 1 is 0.336 bits per heavy atom. The largest absolute Gasteiger partial charge is 0.518 e. The van der Waals surface area contributed by atoms with E-state index in [2.05, 4.69) is 9.47 Å². The predicted molar refractivity (Wildman–Crippen MR) is 410 cm³/mol. The fourth-order valence-corrected chi connectivity index (χ4v) is 63.2. The zero-order valence-corrected chi connectivity index (χ0v) is 69.8. The van der Waals surface area contributed by atoms with Crippen molar-refractivity contribution in [3.63, 3.8) is 0 Å². The quantitative estimate of drug-likeness (QED) is 0.0608. The molecule has 0 amide bonds. The second-order valence-electron chi connectivity index (χ2n) is 28.2. The number of ether oxygens (including phenoxy) is 4. The number of hydrogen-bond donors (Lipinski definition) is 2. The maximum atomic E-state index is 14.7. The van der Waals surface area contributed by atoms with Crippen molar-refractivity contribution < 1.29 is 116 Å². The van der Waals surface area contributed by atoms with Gasteiger partial charge in [0.05, 0.1) is 48.9 Å². The maximum absolute atomic E-state index is 14.7. The fourth-order valence-electron chi connectivity index (χ4n) is 15.1. The molecule has 7 aliphatic heterocycles. The molecular weight excluding hydrogens is 1590 g/mol. The van der Waals surface area contributed by atoms with Gasteiger partial charge in [-0.25, -0.2) is 0 Å². The smallest absolute Gasteiger partial charge is 0.413 e. The van der Waals surface area contributed by atoms with Gasteiger partial charge in [-0.05, 0) is 60.7 Å². The first-order valence-corrected chi connectivity index (χ1v) is 54.7. The minimum atomic E-state index is -5.60. The lowest BCUT2D eigenvalue weighted by molar-refractivity contribution is -0.174. The number of cyclic esters (lactones) is 8. The van der Waals surface area contributed by atoms with Crippen molar-refractivity contribution in [2.75, 3.05) is 0 Å². The van der Waals surface area contributed by atoms with Crippen LogP contribution in [0.2, 0.25) is 25.2 Å². The van der Waals surface area contributed by atoms with Gasteiger partial charge >= 0.3 is 136 Å². The van der Waals surface area contributed by atoms with E-state index in [4.69, 9.17) is 58.9 Å². The van der Waals surface area contributed by atoms with E-state index < -0.39 is 172 Å². The zero-order valence-electron chi connectivity index (χ0n) is 59.5. The molecule has 6 bridgehead atoms. The van der Waals surface area contributed by atoms with Gasteiger partial charge < -0.3 is 77.9 Å². The van der Waals surface area contributed by atoms with E-state index in [9.17, 15) is 47.9 Å². The van der Waals surface area contributed by atoms with Gasteiger partial charge in [-0.1, -0.05) is 255 Å². The monoisotopic (exact) mass is 1660 g/mol. The molecule has 110 heavy (non-hydrogen) atoms.